The van der Waals surface area contributed by atoms with Crippen LogP contribution in [0.1, 0.15) is 243 Å². The van der Waals surface area contributed by atoms with Gasteiger partial charge in [-0.1, -0.05) is 126 Å². The minimum Gasteiger partial charge on any atom is -0.368 e. The van der Waals surface area contributed by atoms with Gasteiger partial charge in [-0.15, -0.1) is 0 Å². The molecule has 0 fully saturated rings. The molecule has 0 aliphatic heterocycles. The van der Waals surface area contributed by atoms with Crippen LogP contribution in [0.15, 0.2) is 30.5 Å². The van der Waals surface area contributed by atoms with Crippen LogP contribution in [0.3, 0.4) is 0 Å². The third kappa shape index (κ3) is 44.0. The van der Waals surface area contributed by atoms with Crippen LogP contribution in [0.25, 0.3) is 10.9 Å². The van der Waals surface area contributed by atoms with Crippen molar-refractivity contribution in [3.8, 4) is 0 Å². The lowest BCUT2D eigenvalue weighted by Crippen LogP contribution is -2.61. The third-order valence-corrected chi connectivity index (χ3v) is 24.5. The van der Waals surface area contributed by atoms with Crippen LogP contribution < -0.4 is 136 Å². The number of benzene rings is 1. The molecule has 34 N–H and O–H groups in total. The van der Waals surface area contributed by atoms with E-state index in [1.807, 2.05) is 13.8 Å². The monoisotopic (exact) mass is 1920 g/mol. The molecule has 0 saturated carbocycles. The summed E-state index contributed by atoms with van der Waals surface area (Å²) in [6.07, 6.45) is 9.21. The van der Waals surface area contributed by atoms with E-state index in [0.717, 1.165) is 0 Å². The fourth-order valence-corrected chi connectivity index (χ4v) is 14.6. The zero-order chi connectivity index (χ0) is 102. The van der Waals surface area contributed by atoms with Gasteiger partial charge in [-0.2, -0.15) is 0 Å². The van der Waals surface area contributed by atoms with E-state index in [1.165, 1.54) is 20.8 Å². The predicted octanol–water partition coefficient (Wildman–Crippen LogP) is -3.28. The first-order valence-corrected chi connectivity index (χ1v) is 48.5. The second-order valence-electron chi connectivity index (χ2n) is 35.5. The Hall–Kier alpha value is -11.1. The molecule has 136 heavy (non-hydrogen) atoms. The molecular weight excluding hydrogens is 1760 g/mol. The largest absolute Gasteiger partial charge is 0.368 e. The van der Waals surface area contributed by atoms with E-state index in [9.17, 15) is 86.3 Å². The number of aromatic amines is 1. The molecule has 0 radical (unpaired) electrons. The number of amides is 18. The summed E-state index contributed by atoms with van der Waals surface area (Å²) in [5.74, 6) is -16.3. The quantitative estimate of drug-likeness (QED) is 0.0289. The van der Waals surface area contributed by atoms with Gasteiger partial charge in [0.25, 0.3) is 0 Å². The molecule has 2 aromatic rings. The number of fused-ring (bicyclic) bond motifs is 1. The topological polar surface area (TPSA) is 736 Å². The molecule has 44 heteroatoms. The van der Waals surface area contributed by atoms with Crippen molar-refractivity contribution in [3.63, 3.8) is 0 Å². The zero-order valence-corrected chi connectivity index (χ0v) is 82.2. The van der Waals surface area contributed by atoms with Crippen molar-refractivity contribution in [2.75, 3.05) is 58.9 Å². The second-order valence-corrected chi connectivity index (χ2v) is 35.5. The Kier molecular flexibility index (Phi) is 59.1. The van der Waals surface area contributed by atoms with E-state index >= 15 is 0 Å². The molecule has 1 heterocycles. The van der Waals surface area contributed by atoms with Gasteiger partial charge in [0.2, 0.25) is 106 Å². The van der Waals surface area contributed by atoms with Crippen molar-refractivity contribution in [1.29, 1.82) is 0 Å². The normalized spacial score (nSPS) is 15.7. The highest BCUT2D eigenvalue weighted by atomic mass is 16.2. The second kappa shape index (κ2) is 66.4. The van der Waals surface area contributed by atoms with Crippen LogP contribution in [0.4, 0.5) is 0 Å². The van der Waals surface area contributed by atoms with Crippen molar-refractivity contribution >= 4 is 117 Å². The van der Waals surface area contributed by atoms with Crippen LogP contribution in [0.5, 0.6) is 0 Å². The molecule has 20 atom stereocenters. The van der Waals surface area contributed by atoms with E-state index in [2.05, 4.69) is 95.4 Å². The maximum atomic E-state index is 14.9. The zero-order valence-electron chi connectivity index (χ0n) is 82.2. The number of unbranched alkanes of at least 4 members (excludes halogenated alkanes) is 6. The van der Waals surface area contributed by atoms with Crippen LogP contribution in [0.2, 0.25) is 0 Å². The first-order valence-electron chi connectivity index (χ1n) is 48.5. The van der Waals surface area contributed by atoms with E-state index < -0.39 is 234 Å². The third-order valence-electron chi connectivity index (χ3n) is 24.5. The smallest absolute Gasteiger partial charge is 0.243 e. The number of carbonyl (C=O) groups excluding carboxylic acids is 18. The van der Waals surface area contributed by atoms with Crippen molar-refractivity contribution in [1.82, 2.24) is 95.4 Å². The van der Waals surface area contributed by atoms with Gasteiger partial charge in [0, 0.05) is 23.5 Å². The molecule has 1 aromatic heterocycles. The number of para-hydroxylation sites is 1. The molecule has 0 aliphatic carbocycles. The predicted molar refractivity (Wildman–Crippen MR) is 517 cm³/mol. The van der Waals surface area contributed by atoms with Crippen LogP contribution in [-0.4, -0.2) is 261 Å². The van der Waals surface area contributed by atoms with E-state index in [0.29, 0.717) is 139 Å². The summed E-state index contributed by atoms with van der Waals surface area (Å²) < 4.78 is 0. The van der Waals surface area contributed by atoms with E-state index in [1.54, 1.807) is 85.9 Å². The van der Waals surface area contributed by atoms with Crippen LogP contribution in [0, 0.1) is 29.6 Å². The fourth-order valence-electron chi connectivity index (χ4n) is 14.6. The summed E-state index contributed by atoms with van der Waals surface area (Å²) >= 11 is 0. The molecule has 0 spiro atoms. The molecule has 770 valence electrons. The fraction of sp³-hybridized carbons (Fsp3) is 0.717. The summed E-state index contributed by atoms with van der Waals surface area (Å²) in [7, 11) is 0. The number of hydrogen-bond donors (Lipinski definition) is 26. The van der Waals surface area contributed by atoms with Gasteiger partial charge in [-0.3, -0.25) is 86.3 Å². The molecule has 0 aliphatic rings. The highest BCUT2D eigenvalue weighted by Crippen LogP contribution is 2.22. The van der Waals surface area contributed by atoms with Crippen LogP contribution >= 0.6 is 0 Å². The molecule has 0 unspecified atom stereocenters. The number of primary amides is 1. The van der Waals surface area contributed by atoms with Gasteiger partial charge in [0.1, 0.15) is 84.6 Å². The number of nitrogens with one attached hydrogen (secondary N) is 18. The number of rotatable bonds is 71. The molecule has 18 amide bonds. The number of aromatic nitrogens is 1. The van der Waals surface area contributed by atoms with Gasteiger partial charge in [-0.05, 0) is 210 Å². The Bertz CT molecular complexity index is 4120. The molecular formula is C92H164N26O18. The number of nitrogens with two attached hydrogens (primary N) is 8. The molecule has 2 rings (SSSR count). The highest BCUT2D eigenvalue weighted by Gasteiger charge is 2.39. The van der Waals surface area contributed by atoms with Gasteiger partial charge < -0.3 is 141 Å². The van der Waals surface area contributed by atoms with E-state index in [-0.39, 0.29) is 83.1 Å². The summed E-state index contributed by atoms with van der Waals surface area (Å²) in [4.78, 5) is 254. The van der Waals surface area contributed by atoms with Gasteiger partial charge >= 0.3 is 0 Å². The Labute approximate surface area is 800 Å². The van der Waals surface area contributed by atoms with Gasteiger partial charge in [-0.25, -0.2) is 0 Å². The standard InChI is InChI=1S/C92H164N26O18/c1-14-52(6)73(78(100)122)114-79(123)57(11)105-84(128)65(37-23-29-43-95)109-72(121)51-104-90(134)75(54(8)16-3)118-88(132)68(40-26-32-46-98)112-92(136)77(56(10)18-5)116-81(125)59(13)106-85(129)64(36-22-28-42-94)108-70(119)49-102-83(127)69(47-60-48-101-63-35-20-19-33-61(60)63)113-87(131)67(39-25-31-45-97)111-91(135)76(55(9)17-4)115-80(124)58(12)107-86(130)66(38-24-30-44-96)110-71(120)50-103-89(133)74(53(7)15-2)117-82(126)62(99)34-21-27-41-93/h19-20,33,35,48,52-59,62,64-69,73-77,101H,14-18,21-32,34,36-47,49-51,93-99H2,1-13H3,(H2,100,122)(H,102,127)(H,103,133)(H,104,134)(H,105,128)(H,106,129)(H,107,130)(H,108,119)(H,109,121)(H,110,120)(H,111,135)(H,112,136)(H,113,131)(H,114,123)(H,115,124)(H,116,125)(H,117,126)(H,118,132)/t52-,53-,54-,55-,56-,57-,58-,59-,62-,64-,65-,66-,67-,68-,69-,73-,74-,75-,76-,77-/m0/s1. The van der Waals surface area contributed by atoms with Crippen molar-refractivity contribution < 1.29 is 86.3 Å². The first-order chi connectivity index (χ1) is 64.6. The average Bonchev–Trinajstić information content (AvgIpc) is 1.66. The summed E-state index contributed by atoms with van der Waals surface area (Å²) in [5, 5.41) is 45.8. The lowest BCUT2D eigenvalue weighted by atomic mass is 9.96. The van der Waals surface area contributed by atoms with Crippen LogP contribution in [-0.2, 0) is 92.7 Å². The minimum absolute atomic E-state index is 0.00565. The summed E-state index contributed by atoms with van der Waals surface area (Å²) in [6, 6.07) is -11.4. The SMILES string of the molecule is CC[C@H](C)[C@H](NC(=O)[C@H](C)NC(=O)[C@H](CCCCN)NC(=O)CNC(=O)[C@@H](NC(=O)[C@H](CCCCN)NC(=O)[C@@H](NC(=O)[C@H](C)NC(=O)[C@H](CCCCN)NC(=O)CNC(=O)[C@H](Cc1c[nH]c2ccccc12)NC(=O)[C@H](CCCCN)NC(=O)[C@@H](NC(=O)[C@H](C)NC(=O)[C@H](CCCCN)NC(=O)CNC(=O)[C@@H](NC(=O)[C@@H](N)CCCCN)[C@@H](C)CC)[C@@H](C)CC)[C@@H](C)CC)[C@@H](C)CC)C(N)=O. The number of hydrogen-bond acceptors (Lipinski definition) is 25. The molecule has 0 bridgehead atoms. The first kappa shape index (κ1) is 121. The number of H-pyrrole nitrogens is 1. The maximum absolute atomic E-state index is 14.9. The minimum atomic E-state index is -1.45. The Morgan fingerprint density at radius 1 is 0.287 bits per heavy atom. The Balaban J connectivity index is 2.41. The van der Waals surface area contributed by atoms with Gasteiger partial charge in [0.15, 0.2) is 0 Å². The van der Waals surface area contributed by atoms with Crippen molar-refractivity contribution in [2.45, 2.75) is 335 Å². The molecule has 44 nitrogen and oxygen atoms in total. The summed E-state index contributed by atoms with van der Waals surface area (Å²) in [5.41, 5.74) is 47.6. The van der Waals surface area contributed by atoms with Crippen molar-refractivity contribution in [2.24, 2.45) is 75.5 Å². The van der Waals surface area contributed by atoms with Gasteiger partial charge in [0.05, 0.1) is 25.7 Å². The number of carbonyl (C=O) groups is 18. The highest BCUT2D eigenvalue weighted by molar-refractivity contribution is 6.01. The summed E-state index contributed by atoms with van der Waals surface area (Å²) in [6.45, 7) is 21.3. The lowest BCUT2D eigenvalue weighted by Gasteiger charge is -2.29. The lowest BCUT2D eigenvalue weighted by molar-refractivity contribution is -0.136. The molecule has 1 aromatic carbocycles. The van der Waals surface area contributed by atoms with E-state index in [4.69, 9.17) is 45.9 Å². The Morgan fingerprint density at radius 2 is 0.551 bits per heavy atom. The Morgan fingerprint density at radius 3 is 0.882 bits per heavy atom. The molecule has 0 saturated heterocycles. The maximum Gasteiger partial charge on any atom is 0.243 e. The average molecular weight is 1920 g/mol. The van der Waals surface area contributed by atoms with Crippen molar-refractivity contribution in [3.05, 3.63) is 36.0 Å².